The number of amides is 4. The summed E-state index contributed by atoms with van der Waals surface area (Å²) in [4.78, 5) is 44.3. The lowest BCUT2D eigenvalue weighted by atomic mass is 10.1. The number of anilines is 2. The number of carbonyl (C=O) groups excluding carboxylic acids is 3. The Kier molecular flexibility index (Phi) is 8.73. The van der Waals surface area contributed by atoms with Crippen LogP contribution in [0.15, 0.2) is 42.5 Å². The molecule has 0 radical (unpaired) electrons. The molecule has 2 aromatic carbocycles. The summed E-state index contributed by atoms with van der Waals surface area (Å²) in [6.45, 7) is 13.4. The molecule has 0 spiro atoms. The Bertz CT molecular complexity index is 1040. The predicted octanol–water partition coefficient (Wildman–Crippen LogP) is 3.97. The second-order valence-corrected chi connectivity index (χ2v) is 9.11. The first-order chi connectivity index (χ1) is 16.7. The van der Waals surface area contributed by atoms with Crippen LogP contribution in [0.5, 0.6) is 0 Å². The Morgan fingerprint density at radius 3 is 2.14 bits per heavy atom. The van der Waals surface area contributed by atoms with E-state index in [1.54, 1.807) is 28.0 Å². The van der Waals surface area contributed by atoms with Crippen molar-refractivity contribution in [2.75, 3.05) is 49.5 Å². The maximum atomic E-state index is 13.4. The molecule has 0 saturated carbocycles. The molecule has 0 unspecified atom stereocenters. The topological polar surface area (TPSA) is 85.0 Å². The van der Waals surface area contributed by atoms with Crippen LogP contribution >= 0.6 is 0 Å². The van der Waals surface area contributed by atoms with Gasteiger partial charge in [0.1, 0.15) is 0 Å². The van der Waals surface area contributed by atoms with E-state index in [2.05, 4.69) is 15.5 Å². The summed E-state index contributed by atoms with van der Waals surface area (Å²) in [5.41, 5.74) is 3.59. The van der Waals surface area contributed by atoms with Crippen molar-refractivity contribution in [1.29, 1.82) is 0 Å². The van der Waals surface area contributed by atoms with E-state index in [9.17, 15) is 14.4 Å². The quantitative estimate of drug-likeness (QED) is 0.629. The third-order valence-corrected chi connectivity index (χ3v) is 6.17. The zero-order valence-corrected chi connectivity index (χ0v) is 21.4. The molecule has 0 aromatic heterocycles. The number of rotatable bonds is 7. The molecule has 35 heavy (non-hydrogen) atoms. The number of aryl methyl sites for hydroxylation is 1. The van der Waals surface area contributed by atoms with Gasteiger partial charge in [-0.25, -0.2) is 4.79 Å². The van der Waals surface area contributed by atoms with Crippen LogP contribution in [-0.2, 0) is 0 Å². The van der Waals surface area contributed by atoms with Crippen LogP contribution in [0.3, 0.4) is 0 Å². The molecule has 1 fully saturated rings. The van der Waals surface area contributed by atoms with Gasteiger partial charge in [0.25, 0.3) is 11.8 Å². The minimum Gasteiger partial charge on any atom is -0.367 e. The number of hydrogen-bond acceptors (Lipinski definition) is 4. The molecule has 0 atom stereocenters. The smallest absolute Gasteiger partial charge is 0.317 e. The number of nitrogens with one attached hydrogen (secondary N) is 2. The largest absolute Gasteiger partial charge is 0.367 e. The van der Waals surface area contributed by atoms with E-state index in [0.717, 1.165) is 11.3 Å². The van der Waals surface area contributed by atoms with Crippen molar-refractivity contribution >= 4 is 29.2 Å². The lowest BCUT2D eigenvalue weighted by molar-refractivity contribution is 0.0773. The highest BCUT2D eigenvalue weighted by molar-refractivity contribution is 6.06. The molecule has 188 valence electrons. The van der Waals surface area contributed by atoms with Crippen LogP contribution in [0.2, 0.25) is 0 Å². The molecule has 0 aliphatic carbocycles. The number of hydrogen-bond donors (Lipinski definition) is 2. The molecule has 2 aromatic rings. The number of benzene rings is 2. The molecule has 1 heterocycles. The fraction of sp³-hybridized carbons (Fsp3) is 0.444. The SMILES string of the molecule is CCN(CC)C(=O)c1cc(NC(=O)c2ccc(C)cc2)ccc1N1CCN(C(=O)NC(C)C)CC1. The lowest BCUT2D eigenvalue weighted by Crippen LogP contribution is -2.53. The first-order valence-corrected chi connectivity index (χ1v) is 12.3. The van der Waals surface area contributed by atoms with E-state index in [0.29, 0.717) is 56.1 Å². The first kappa shape index (κ1) is 26.1. The molecule has 1 aliphatic rings. The summed E-state index contributed by atoms with van der Waals surface area (Å²) in [5.74, 6) is -0.291. The van der Waals surface area contributed by atoms with E-state index < -0.39 is 0 Å². The van der Waals surface area contributed by atoms with Gasteiger partial charge in [-0.1, -0.05) is 17.7 Å². The standard InChI is InChI=1S/C27H37N5O3/c1-6-30(7-2)26(34)23-18-22(29-25(33)21-10-8-20(5)9-11-21)12-13-24(23)31-14-16-32(17-15-31)27(35)28-19(3)4/h8-13,18-19H,6-7,14-17H2,1-5H3,(H,28,35)(H,29,33). The summed E-state index contributed by atoms with van der Waals surface area (Å²) < 4.78 is 0. The normalized spacial score (nSPS) is 13.5. The Labute approximate surface area is 208 Å². The monoisotopic (exact) mass is 479 g/mol. The van der Waals surface area contributed by atoms with Crippen molar-refractivity contribution in [3.63, 3.8) is 0 Å². The van der Waals surface area contributed by atoms with Crippen molar-refractivity contribution in [2.45, 2.75) is 40.7 Å². The van der Waals surface area contributed by atoms with Crippen LogP contribution in [0, 0.1) is 6.92 Å². The second-order valence-electron chi connectivity index (χ2n) is 9.11. The van der Waals surface area contributed by atoms with E-state index in [-0.39, 0.29) is 23.9 Å². The highest BCUT2D eigenvalue weighted by atomic mass is 16.2. The minimum atomic E-state index is -0.219. The number of piperazine rings is 1. The Hall–Kier alpha value is -3.55. The van der Waals surface area contributed by atoms with E-state index in [4.69, 9.17) is 0 Å². The van der Waals surface area contributed by atoms with Gasteiger partial charge in [-0.05, 0) is 65.0 Å². The second kappa shape index (κ2) is 11.7. The highest BCUT2D eigenvalue weighted by Crippen LogP contribution is 2.27. The molecule has 1 aliphatic heterocycles. The van der Waals surface area contributed by atoms with E-state index >= 15 is 0 Å². The van der Waals surface area contributed by atoms with Crippen LogP contribution in [0.4, 0.5) is 16.2 Å². The van der Waals surface area contributed by atoms with Crippen molar-refractivity contribution in [2.24, 2.45) is 0 Å². The Morgan fingerprint density at radius 2 is 1.57 bits per heavy atom. The van der Waals surface area contributed by atoms with Crippen molar-refractivity contribution in [3.05, 3.63) is 59.2 Å². The molecular weight excluding hydrogens is 442 g/mol. The molecule has 3 rings (SSSR count). The summed E-state index contributed by atoms with van der Waals surface area (Å²) >= 11 is 0. The van der Waals surface area contributed by atoms with Gasteiger partial charge < -0.3 is 25.3 Å². The summed E-state index contributed by atoms with van der Waals surface area (Å²) in [6.07, 6.45) is 0. The molecular formula is C27H37N5O3. The number of carbonyl (C=O) groups is 3. The van der Waals surface area contributed by atoms with Crippen LogP contribution in [0.25, 0.3) is 0 Å². The zero-order chi connectivity index (χ0) is 25.5. The van der Waals surface area contributed by atoms with Gasteiger partial charge in [-0.3, -0.25) is 9.59 Å². The van der Waals surface area contributed by atoms with Gasteiger partial charge in [0.2, 0.25) is 0 Å². The molecule has 1 saturated heterocycles. The van der Waals surface area contributed by atoms with Gasteiger partial charge in [0.15, 0.2) is 0 Å². The van der Waals surface area contributed by atoms with Gasteiger partial charge >= 0.3 is 6.03 Å². The fourth-order valence-corrected chi connectivity index (χ4v) is 4.14. The third-order valence-electron chi connectivity index (χ3n) is 6.17. The maximum Gasteiger partial charge on any atom is 0.317 e. The number of urea groups is 1. The average Bonchev–Trinajstić information content (AvgIpc) is 2.84. The van der Waals surface area contributed by atoms with Crippen molar-refractivity contribution in [3.8, 4) is 0 Å². The lowest BCUT2D eigenvalue weighted by Gasteiger charge is -2.37. The Balaban J connectivity index is 1.83. The van der Waals surface area contributed by atoms with Crippen LogP contribution in [-0.4, -0.2) is 73.0 Å². The molecule has 0 bridgehead atoms. The molecule has 8 heteroatoms. The molecule has 4 amide bonds. The minimum absolute atomic E-state index is 0.0618. The summed E-state index contributed by atoms with van der Waals surface area (Å²) in [6, 6.07) is 12.9. The number of nitrogens with zero attached hydrogens (tertiary/aromatic N) is 3. The molecule has 2 N–H and O–H groups in total. The van der Waals surface area contributed by atoms with Gasteiger partial charge in [-0.15, -0.1) is 0 Å². The predicted molar refractivity (Wildman–Crippen MR) is 140 cm³/mol. The zero-order valence-electron chi connectivity index (χ0n) is 21.4. The average molecular weight is 480 g/mol. The van der Waals surface area contributed by atoms with E-state index in [1.165, 1.54) is 0 Å². The highest BCUT2D eigenvalue weighted by Gasteiger charge is 2.26. The van der Waals surface area contributed by atoms with Crippen molar-refractivity contribution in [1.82, 2.24) is 15.1 Å². The maximum absolute atomic E-state index is 13.4. The van der Waals surface area contributed by atoms with Gasteiger partial charge in [-0.2, -0.15) is 0 Å². The fourth-order valence-electron chi connectivity index (χ4n) is 4.14. The first-order valence-electron chi connectivity index (χ1n) is 12.3. The molecule has 8 nitrogen and oxygen atoms in total. The van der Waals surface area contributed by atoms with E-state index in [1.807, 2.05) is 58.9 Å². The van der Waals surface area contributed by atoms with Crippen molar-refractivity contribution < 1.29 is 14.4 Å². The van der Waals surface area contributed by atoms with Gasteiger partial charge in [0, 0.05) is 62.2 Å². The summed E-state index contributed by atoms with van der Waals surface area (Å²) in [5, 5.41) is 5.87. The Morgan fingerprint density at radius 1 is 0.943 bits per heavy atom. The third kappa shape index (κ3) is 6.53. The van der Waals surface area contributed by atoms with Crippen LogP contribution in [0.1, 0.15) is 54.0 Å². The van der Waals surface area contributed by atoms with Gasteiger partial charge in [0.05, 0.1) is 5.56 Å². The summed E-state index contributed by atoms with van der Waals surface area (Å²) in [7, 11) is 0. The van der Waals surface area contributed by atoms with Crippen LogP contribution < -0.4 is 15.5 Å².